The zero-order chi connectivity index (χ0) is 10.6. The first-order chi connectivity index (χ1) is 6.58. The minimum Gasteiger partial charge on any atom is -0.377 e. The number of sulfone groups is 1. The monoisotopic (exact) mass is 221 g/mol. The van der Waals surface area contributed by atoms with Crippen LogP contribution in [-0.2, 0) is 14.6 Å². The molecule has 0 aromatic carbocycles. The van der Waals surface area contributed by atoms with Gasteiger partial charge in [-0.2, -0.15) is 0 Å². The molecule has 0 aliphatic carbocycles. The Balaban J connectivity index is 2.47. The summed E-state index contributed by atoms with van der Waals surface area (Å²) in [5.41, 5.74) is 0. The summed E-state index contributed by atoms with van der Waals surface area (Å²) in [4.78, 5) is 0. The fourth-order valence-electron chi connectivity index (χ4n) is 1.73. The van der Waals surface area contributed by atoms with Crippen LogP contribution in [0.5, 0.6) is 0 Å². The van der Waals surface area contributed by atoms with Crippen LogP contribution in [0.15, 0.2) is 0 Å². The van der Waals surface area contributed by atoms with Gasteiger partial charge in [-0.25, -0.2) is 8.42 Å². The van der Waals surface area contributed by atoms with Crippen molar-refractivity contribution in [2.45, 2.75) is 31.6 Å². The van der Waals surface area contributed by atoms with Crippen molar-refractivity contribution in [3.8, 4) is 0 Å². The summed E-state index contributed by atoms with van der Waals surface area (Å²) >= 11 is 0. The van der Waals surface area contributed by atoms with Gasteiger partial charge >= 0.3 is 0 Å². The molecular weight excluding hydrogens is 202 g/mol. The molecule has 1 saturated heterocycles. The third kappa shape index (κ3) is 2.93. The molecule has 1 rings (SSSR count). The Morgan fingerprint density at radius 1 is 1.50 bits per heavy atom. The summed E-state index contributed by atoms with van der Waals surface area (Å²) in [6.45, 7) is 5.73. The number of hydrogen-bond donors (Lipinski definition) is 1. The second-order valence-corrected chi connectivity index (χ2v) is 5.96. The molecule has 0 aromatic heterocycles. The first kappa shape index (κ1) is 11.9. The molecule has 4 nitrogen and oxygen atoms in total. The molecule has 0 aromatic rings. The molecule has 1 aliphatic rings. The number of ether oxygens (including phenoxy) is 1. The Morgan fingerprint density at radius 2 is 2.21 bits per heavy atom. The van der Waals surface area contributed by atoms with Crippen LogP contribution in [0.3, 0.4) is 0 Å². The molecule has 0 bridgehead atoms. The molecule has 5 heteroatoms. The second-order valence-electron chi connectivity index (χ2n) is 3.62. The molecule has 1 heterocycles. The van der Waals surface area contributed by atoms with Crippen molar-refractivity contribution in [1.82, 2.24) is 5.32 Å². The Labute approximate surface area is 85.9 Å². The number of rotatable bonds is 5. The van der Waals surface area contributed by atoms with Crippen LogP contribution in [0, 0.1) is 0 Å². The highest BCUT2D eigenvalue weighted by Gasteiger charge is 2.34. The van der Waals surface area contributed by atoms with Gasteiger partial charge in [0.2, 0.25) is 0 Å². The summed E-state index contributed by atoms with van der Waals surface area (Å²) in [6, 6.07) is 0. The van der Waals surface area contributed by atoms with Crippen molar-refractivity contribution in [3.05, 3.63) is 0 Å². The molecule has 0 spiro atoms. The van der Waals surface area contributed by atoms with Crippen molar-refractivity contribution in [1.29, 1.82) is 0 Å². The van der Waals surface area contributed by atoms with E-state index in [1.165, 1.54) is 0 Å². The van der Waals surface area contributed by atoms with Crippen LogP contribution >= 0.6 is 0 Å². The molecule has 2 unspecified atom stereocenters. The maximum Gasteiger partial charge on any atom is 0.157 e. The Bertz CT molecular complexity index is 263. The maximum atomic E-state index is 11.8. The van der Waals surface area contributed by atoms with Gasteiger partial charge < -0.3 is 10.1 Å². The Kier molecular flexibility index (Phi) is 4.34. The molecule has 14 heavy (non-hydrogen) atoms. The molecule has 1 fully saturated rings. The summed E-state index contributed by atoms with van der Waals surface area (Å²) in [5.74, 6) is 0.221. The summed E-state index contributed by atoms with van der Waals surface area (Å²) in [7, 11) is -2.97. The van der Waals surface area contributed by atoms with E-state index in [1.54, 1.807) is 0 Å². The highest BCUT2D eigenvalue weighted by Crippen LogP contribution is 2.21. The largest absolute Gasteiger partial charge is 0.377 e. The standard InChI is InChI=1S/C9H19NO3S/c1-3-10-5-7-14(11,12)9-4-6-13-8(9)2/h8-10H,3-7H2,1-2H3. The van der Waals surface area contributed by atoms with Crippen LogP contribution in [-0.4, -0.2) is 45.2 Å². The van der Waals surface area contributed by atoms with Gasteiger partial charge in [-0.1, -0.05) is 6.92 Å². The molecule has 0 amide bonds. The third-order valence-electron chi connectivity index (χ3n) is 2.58. The SMILES string of the molecule is CCNCCS(=O)(=O)C1CCOC1C. The van der Waals surface area contributed by atoms with Crippen molar-refractivity contribution in [2.75, 3.05) is 25.4 Å². The molecular formula is C9H19NO3S. The minimum atomic E-state index is -2.97. The fraction of sp³-hybridized carbons (Fsp3) is 1.00. The molecule has 0 radical (unpaired) electrons. The molecule has 1 aliphatic heterocycles. The van der Waals surface area contributed by atoms with E-state index in [1.807, 2.05) is 13.8 Å². The first-order valence-corrected chi connectivity index (χ1v) is 6.83. The van der Waals surface area contributed by atoms with E-state index in [4.69, 9.17) is 4.74 Å². The lowest BCUT2D eigenvalue weighted by Crippen LogP contribution is -2.33. The summed E-state index contributed by atoms with van der Waals surface area (Å²) in [6.07, 6.45) is 0.511. The Morgan fingerprint density at radius 3 is 2.71 bits per heavy atom. The average Bonchev–Trinajstić information content (AvgIpc) is 2.52. The smallest absolute Gasteiger partial charge is 0.157 e. The van der Waals surface area contributed by atoms with Gasteiger partial charge in [0.05, 0.1) is 17.1 Å². The van der Waals surface area contributed by atoms with Crippen molar-refractivity contribution >= 4 is 9.84 Å². The van der Waals surface area contributed by atoms with Crippen LogP contribution in [0.25, 0.3) is 0 Å². The zero-order valence-corrected chi connectivity index (χ0v) is 9.64. The normalized spacial score (nSPS) is 28.1. The van der Waals surface area contributed by atoms with E-state index < -0.39 is 9.84 Å². The van der Waals surface area contributed by atoms with Gasteiger partial charge in [0.1, 0.15) is 0 Å². The van der Waals surface area contributed by atoms with Crippen molar-refractivity contribution in [2.24, 2.45) is 0 Å². The molecule has 1 N–H and O–H groups in total. The highest BCUT2D eigenvalue weighted by molar-refractivity contribution is 7.92. The number of nitrogens with one attached hydrogen (secondary N) is 1. The lowest BCUT2D eigenvalue weighted by atomic mass is 10.3. The average molecular weight is 221 g/mol. The van der Waals surface area contributed by atoms with E-state index >= 15 is 0 Å². The molecule has 2 atom stereocenters. The zero-order valence-electron chi connectivity index (χ0n) is 8.82. The predicted octanol–water partition coefficient (Wildman–Crippen LogP) is 0.188. The lowest BCUT2D eigenvalue weighted by Gasteiger charge is -2.14. The molecule has 0 saturated carbocycles. The topological polar surface area (TPSA) is 55.4 Å². The first-order valence-electron chi connectivity index (χ1n) is 5.12. The van der Waals surface area contributed by atoms with E-state index in [2.05, 4.69) is 5.32 Å². The second kappa shape index (κ2) is 5.09. The summed E-state index contributed by atoms with van der Waals surface area (Å²) in [5, 5.41) is 2.73. The van der Waals surface area contributed by atoms with Gasteiger partial charge in [-0.15, -0.1) is 0 Å². The fourth-order valence-corrected chi connectivity index (χ4v) is 3.58. The van der Waals surface area contributed by atoms with E-state index in [-0.39, 0.29) is 17.1 Å². The van der Waals surface area contributed by atoms with E-state index in [0.717, 1.165) is 6.54 Å². The van der Waals surface area contributed by atoms with Crippen LogP contribution in [0.4, 0.5) is 0 Å². The van der Waals surface area contributed by atoms with Crippen LogP contribution < -0.4 is 5.32 Å². The molecule has 84 valence electrons. The van der Waals surface area contributed by atoms with Gasteiger partial charge in [0.15, 0.2) is 9.84 Å². The summed E-state index contributed by atoms with van der Waals surface area (Å²) < 4.78 is 28.9. The van der Waals surface area contributed by atoms with Gasteiger partial charge in [0.25, 0.3) is 0 Å². The van der Waals surface area contributed by atoms with Crippen molar-refractivity contribution in [3.63, 3.8) is 0 Å². The maximum absolute atomic E-state index is 11.8. The Hall–Kier alpha value is -0.130. The van der Waals surface area contributed by atoms with E-state index in [9.17, 15) is 8.42 Å². The van der Waals surface area contributed by atoms with Crippen molar-refractivity contribution < 1.29 is 13.2 Å². The van der Waals surface area contributed by atoms with Crippen LogP contribution in [0.2, 0.25) is 0 Å². The highest BCUT2D eigenvalue weighted by atomic mass is 32.2. The van der Waals surface area contributed by atoms with Crippen LogP contribution in [0.1, 0.15) is 20.3 Å². The quantitative estimate of drug-likeness (QED) is 0.673. The lowest BCUT2D eigenvalue weighted by molar-refractivity contribution is 0.126. The van der Waals surface area contributed by atoms with E-state index in [0.29, 0.717) is 19.6 Å². The predicted molar refractivity (Wildman–Crippen MR) is 56.1 cm³/mol. The van der Waals surface area contributed by atoms with Gasteiger partial charge in [0, 0.05) is 13.2 Å². The number of hydrogen-bond acceptors (Lipinski definition) is 4. The minimum absolute atomic E-state index is 0.137. The third-order valence-corrected chi connectivity index (χ3v) is 4.90. The van der Waals surface area contributed by atoms with Gasteiger partial charge in [-0.05, 0) is 19.9 Å². The van der Waals surface area contributed by atoms with Gasteiger partial charge in [-0.3, -0.25) is 0 Å².